The highest BCUT2D eigenvalue weighted by atomic mass is 15.1. The van der Waals surface area contributed by atoms with Crippen LogP contribution in [0.15, 0.2) is 0 Å². The van der Waals surface area contributed by atoms with Gasteiger partial charge in [-0.1, -0.05) is 34.1 Å². The van der Waals surface area contributed by atoms with Crippen LogP contribution in [0.4, 0.5) is 0 Å². The lowest BCUT2D eigenvalue weighted by Gasteiger charge is -2.48. The number of hydrogen-bond donors (Lipinski definition) is 0. The molecule has 1 saturated heterocycles. The maximum Gasteiger partial charge on any atom is 0.0115 e. The fourth-order valence-corrected chi connectivity index (χ4v) is 2.75. The van der Waals surface area contributed by atoms with Crippen LogP contribution in [0.1, 0.15) is 47.5 Å². The van der Waals surface area contributed by atoms with Gasteiger partial charge in [0.25, 0.3) is 0 Å². The molecule has 0 radical (unpaired) electrons. The second kappa shape index (κ2) is 4.22. The molecule has 14 heavy (non-hydrogen) atoms. The fraction of sp³-hybridized carbons (Fsp3) is 1.00. The Morgan fingerprint density at radius 2 is 2.00 bits per heavy atom. The van der Waals surface area contributed by atoms with Crippen molar-refractivity contribution in [3.8, 4) is 0 Å². The summed E-state index contributed by atoms with van der Waals surface area (Å²) in [6, 6.07) is 0.725. The maximum absolute atomic E-state index is 2.54. The molecule has 0 spiro atoms. The molecule has 0 amide bonds. The van der Waals surface area contributed by atoms with Gasteiger partial charge in [0.1, 0.15) is 0 Å². The van der Waals surface area contributed by atoms with Crippen molar-refractivity contribution in [1.82, 2.24) is 4.90 Å². The van der Waals surface area contributed by atoms with E-state index in [1.54, 1.807) is 0 Å². The van der Waals surface area contributed by atoms with E-state index in [0.717, 1.165) is 17.9 Å². The van der Waals surface area contributed by atoms with Gasteiger partial charge in [0, 0.05) is 12.6 Å². The molecule has 0 bridgehead atoms. The summed E-state index contributed by atoms with van der Waals surface area (Å²) in [7, 11) is 2.28. The molecule has 1 aliphatic heterocycles. The van der Waals surface area contributed by atoms with Gasteiger partial charge in [-0.15, -0.1) is 0 Å². The first-order valence-corrected chi connectivity index (χ1v) is 6.08. The van der Waals surface area contributed by atoms with Crippen molar-refractivity contribution in [2.45, 2.75) is 53.5 Å². The lowest BCUT2D eigenvalue weighted by Crippen LogP contribution is -2.50. The third-order valence-corrected chi connectivity index (χ3v) is 4.55. The predicted molar refractivity (Wildman–Crippen MR) is 63.4 cm³/mol. The Morgan fingerprint density at radius 1 is 1.43 bits per heavy atom. The molecule has 3 unspecified atom stereocenters. The molecule has 84 valence electrons. The summed E-state index contributed by atoms with van der Waals surface area (Å²) in [6.45, 7) is 13.2. The van der Waals surface area contributed by atoms with Crippen molar-refractivity contribution in [2.75, 3.05) is 13.6 Å². The van der Waals surface area contributed by atoms with Crippen LogP contribution in [0.5, 0.6) is 0 Å². The summed E-state index contributed by atoms with van der Waals surface area (Å²) >= 11 is 0. The highest BCUT2D eigenvalue weighted by molar-refractivity contribution is 4.91. The second-order valence-electron chi connectivity index (χ2n) is 5.95. The summed E-state index contributed by atoms with van der Waals surface area (Å²) < 4.78 is 0. The standard InChI is InChI=1S/C13H27N/c1-7-10(2)12-8-13(4,5)11(3)14(6)9-12/h10-12H,7-9H2,1-6H3. The maximum atomic E-state index is 2.54. The average Bonchev–Trinajstić information content (AvgIpc) is 2.12. The van der Waals surface area contributed by atoms with E-state index in [-0.39, 0.29) is 0 Å². The van der Waals surface area contributed by atoms with Gasteiger partial charge in [-0.25, -0.2) is 0 Å². The largest absolute Gasteiger partial charge is 0.303 e. The monoisotopic (exact) mass is 197 g/mol. The number of piperidine rings is 1. The van der Waals surface area contributed by atoms with Crippen LogP contribution in [0.2, 0.25) is 0 Å². The van der Waals surface area contributed by atoms with Gasteiger partial charge in [-0.05, 0) is 37.6 Å². The lowest BCUT2D eigenvalue weighted by molar-refractivity contribution is 0.0135. The Kier molecular flexibility index (Phi) is 3.63. The summed E-state index contributed by atoms with van der Waals surface area (Å²) in [5.74, 6) is 1.78. The second-order valence-corrected chi connectivity index (χ2v) is 5.95. The smallest absolute Gasteiger partial charge is 0.0115 e. The zero-order chi connectivity index (χ0) is 10.9. The van der Waals surface area contributed by atoms with Crippen LogP contribution in [-0.4, -0.2) is 24.5 Å². The third-order valence-electron chi connectivity index (χ3n) is 4.55. The van der Waals surface area contributed by atoms with Crippen LogP contribution < -0.4 is 0 Å². The Morgan fingerprint density at radius 3 is 2.43 bits per heavy atom. The Labute approximate surface area is 89.9 Å². The number of nitrogens with zero attached hydrogens (tertiary/aromatic N) is 1. The summed E-state index contributed by atoms with van der Waals surface area (Å²) in [4.78, 5) is 2.54. The number of hydrogen-bond acceptors (Lipinski definition) is 1. The molecule has 0 N–H and O–H groups in total. The van der Waals surface area contributed by atoms with E-state index in [0.29, 0.717) is 5.41 Å². The van der Waals surface area contributed by atoms with Crippen molar-refractivity contribution >= 4 is 0 Å². The topological polar surface area (TPSA) is 3.24 Å². The first kappa shape index (κ1) is 12.0. The van der Waals surface area contributed by atoms with Crippen molar-refractivity contribution in [2.24, 2.45) is 17.3 Å². The van der Waals surface area contributed by atoms with E-state index in [1.165, 1.54) is 19.4 Å². The van der Waals surface area contributed by atoms with E-state index in [1.807, 2.05) is 0 Å². The van der Waals surface area contributed by atoms with Gasteiger partial charge < -0.3 is 4.90 Å². The summed E-state index contributed by atoms with van der Waals surface area (Å²) in [5, 5.41) is 0. The molecule has 0 saturated carbocycles. The molecular weight excluding hydrogens is 170 g/mol. The number of likely N-dealkylation sites (tertiary alicyclic amines) is 1. The minimum Gasteiger partial charge on any atom is -0.303 e. The molecule has 1 fully saturated rings. The summed E-state index contributed by atoms with van der Waals surface area (Å²) in [6.07, 6.45) is 2.72. The molecule has 0 aromatic rings. The van der Waals surface area contributed by atoms with Crippen LogP contribution >= 0.6 is 0 Å². The molecule has 1 heterocycles. The van der Waals surface area contributed by atoms with Crippen LogP contribution in [0.25, 0.3) is 0 Å². The quantitative estimate of drug-likeness (QED) is 0.656. The van der Waals surface area contributed by atoms with Crippen molar-refractivity contribution in [1.29, 1.82) is 0 Å². The van der Waals surface area contributed by atoms with Gasteiger partial charge in [0.05, 0.1) is 0 Å². The van der Waals surface area contributed by atoms with Crippen molar-refractivity contribution in [3.63, 3.8) is 0 Å². The normalized spacial score (nSPS) is 35.6. The molecule has 0 aliphatic carbocycles. The molecule has 3 atom stereocenters. The van der Waals surface area contributed by atoms with Crippen molar-refractivity contribution < 1.29 is 0 Å². The van der Waals surface area contributed by atoms with Gasteiger partial charge in [-0.2, -0.15) is 0 Å². The van der Waals surface area contributed by atoms with Crippen LogP contribution in [-0.2, 0) is 0 Å². The first-order valence-electron chi connectivity index (χ1n) is 6.08. The first-order chi connectivity index (χ1) is 6.38. The van der Waals surface area contributed by atoms with Gasteiger partial charge in [0.15, 0.2) is 0 Å². The zero-order valence-corrected chi connectivity index (χ0v) is 10.8. The van der Waals surface area contributed by atoms with Crippen LogP contribution in [0.3, 0.4) is 0 Å². The van der Waals surface area contributed by atoms with E-state index in [2.05, 4.69) is 46.6 Å². The van der Waals surface area contributed by atoms with E-state index < -0.39 is 0 Å². The average molecular weight is 197 g/mol. The molecule has 1 heteroatoms. The Bertz CT molecular complexity index is 186. The molecule has 1 aliphatic rings. The molecular formula is C13H27N. The van der Waals surface area contributed by atoms with Crippen molar-refractivity contribution in [3.05, 3.63) is 0 Å². The van der Waals surface area contributed by atoms with E-state index in [9.17, 15) is 0 Å². The lowest BCUT2D eigenvalue weighted by atomic mass is 9.69. The SMILES string of the molecule is CCC(C)C1CN(C)C(C)C(C)(C)C1. The Hall–Kier alpha value is -0.0400. The van der Waals surface area contributed by atoms with Gasteiger partial charge in [-0.3, -0.25) is 0 Å². The zero-order valence-electron chi connectivity index (χ0n) is 10.8. The van der Waals surface area contributed by atoms with E-state index >= 15 is 0 Å². The van der Waals surface area contributed by atoms with Gasteiger partial charge in [0.2, 0.25) is 0 Å². The van der Waals surface area contributed by atoms with Gasteiger partial charge >= 0.3 is 0 Å². The third kappa shape index (κ3) is 2.31. The Balaban J connectivity index is 2.68. The minimum absolute atomic E-state index is 0.487. The minimum atomic E-state index is 0.487. The highest BCUT2D eigenvalue weighted by Gasteiger charge is 2.38. The van der Waals surface area contributed by atoms with E-state index in [4.69, 9.17) is 0 Å². The molecule has 1 nitrogen and oxygen atoms in total. The molecule has 1 rings (SSSR count). The number of rotatable bonds is 2. The fourth-order valence-electron chi connectivity index (χ4n) is 2.75. The van der Waals surface area contributed by atoms with Crippen LogP contribution in [0, 0.1) is 17.3 Å². The predicted octanol–water partition coefficient (Wildman–Crippen LogP) is 3.40. The molecule has 0 aromatic heterocycles. The summed E-state index contributed by atoms with van der Waals surface area (Å²) in [5.41, 5.74) is 0.487. The molecule has 0 aromatic carbocycles. The highest BCUT2D eigenvalue weighted by Crippen LogP contribution is 2.40.